The van der Waals surface area contributed by atoms with E-state index in [-0.39, 0.29) is 18.0 Å². The smallest absolute Gasteiger partial charge is 0.342 e. The SMILES string of the molecule is CCOC(=O)/C(=C\c1ccccc1C)C(=O)c1ccccc1. The molecule has 2 aromatic carbocycles. The van der Waals surface area contributed by atoms with Gasteiger partial charge in [-0.2, -0.15) is 0 Å². The molecule has 0 atom stereocenters. The molecule has 0 spiro atoms. The Labute approximate surface area is 130 Å². The number of ether oxygens (including phenoxy) is 1. The molecule has 0 aliphatic carbocycles. The maximum atomic E-state index is 12.6. The average Bonchev–Trinajstić information content (AvgIpc) is 2.54. The molecule has 0 aliphatic rings. The van der Waals surface area contributed by atoms with E-state index >= 15 is 0 Å². The zero-order valence-corrected chi connectivity index (χ0v) is 12.7. The van der Waals surface area contributed by atoms with E-state index in [0.717, 1.165) is 11.1 Å². The van der Waals surface area contributed by atoms with E-state index in [1.54, 1.807) is 37.3 Å². The quantitative estimate of drug-likeness (QED) is 0.277. The Kier molecular flexibility index (Phi) is 5.26. The Morgan fingerprint density at radius 3 is 2.27 bits per heavy atom. The number of aryl methyl sites for hydroxylation is 1. The van der Waals surface area contributed by atoms with E-state index < -0.39 is 5.97 Å². The summed E-state index contributed by atoms with van der Waals surface area (Å²) >= 11 is 0. The van der Waals surface area contributed by atoms with Crippen LogP contribution in [0, 0.1) is 6.92 Å². The number of esters is 1. The number of carbonyl (C=O) groups excluding carboxylic acids is 2. The van der Waals surface area contributed by atoms with Crippen molar-refractivity contribution >= 4 is 17.8 Å². The van der Waals surface area contributed by atoms with Crippen molar-refractivity contribution in [3.05, 3.63) is 76.9 Å². The van der Waals surface area contributed by atoms with Crippen molar-refractivity contribution in [1.29, 1.82) is 0 Å². The Balaban J connectivity index is 2.46. The first-order valence-electron chi connectivity index (χ1n) is 7.17. The second-order valence-corrected chi connectivity index (χ2v) is 4.83. The highest BCUT2D eigenvalue weighted by Crippen LogP contribution is 2.17. The van der Waals surface area contributed by atoms with Crippen LogP contribution in [0.2, 0.25) is 0 Å². The van der Waals surface area contributed by atoms with Crippen molar-refractivity contribution in [2.45, 2.75) is 13.8 Å². The number of hydrogen-bond acceptors (Lipinski definition) is 3. The monoisotopic (exact) mass is 294 g/mol. The molecule has 112 valence electrons. The molecule has 22 heavy (non-hydrogen) atoms. The van der Waals surface area contributed by atoms with Crippen LogP contribution in [-0.2, 0) is 9.53 Å². The van der Waals surface area contributed by atoms with Crippen LogP contribution in [0.4, 0.5) is 0 Å². The standard InChI is InChI=1S/C19H18O3/c1-3-22-19(21)17(13-16-12-8-7-9-14(16)2)18(20)15-10-5-4-6-11-15/h4-13H,3H2,1-2H3/b17-13-. The van der Waals surface area contributed by atoms with E-state index in [2.05, 4.69) is 0 Å². The number of carbonyl (C=O) groups is 2. The minimum Gasteiger partial charge on any atom is -0.462 e. The fourth-order valence-electron chi connectivity index (χ4n) is 2.08. The van der Waals surface area contributed by atoms with Gasteiger partial charge in [-0.25, -0.2) is 4.79 Å². The summed E-state index contributed by atoms with van der Waals surface area (Å²) in [5.74, 6) is -0.929. The van der Waals surface area contributed by atoms with Crippen LogP contribution >= 0.6 is 0 Å². The lowest BCUT2D eigenvalue weighted by Crippen LogP contribution is -2.16. The van der Waals surface area contributed by atoms with Gasteiger partial charge in [-0.3, -0.25) is 4.79 Å². The van der Waals surface area contributed by atoms with E-state index in [9.17, 15) is 9.59 Å². The summed E-state index contributed by atoms with van der Waals surface area (Å²) in [5.41, 5.74) is 2.33. The van der Waals surface area contributed by atoms with E-state index in [1.165, 1.54) is 0 Å². The molecule has 0 bridgehead atoms. The first kappa shape index (κ1) is 15.7. The molecular weight excluding hydrogens is 276 g/mol. The van der Waals surface area contributed by atoms with Gasteiger partial charge in [-0.1, -0.05) is 54.6 Å². The predicted octanol–water partition coefficient (Wildman–Crippen LogP) is 3.82. The highest BCUT2D eigenvalue weighted by Gasteiger charge is 2.21. The van der Waals surface area contributed by atoms with Crippen LogP contribution in [0.3, 0.4) is 0 Å². The Morgan fingerprint density at radius 1 is 1.00 bits per heavy atom. The minimum atomic E-state index is -0.598. The number of hydrogen-bond donors (Lipinski definition) is 0. The van der Waals surface area contributed by atoms with Gasteiger partial charge in [0.1, 0.15) is 5.57 Å². The fraction of sp³-hybridized carbons (Fsp3) is 0.158. The highest BCUT2D eigenvalue weighted by molar-refractivity contribution is 6.26. The van der Waals surface area contributed by atoms with Gasteiger partial charge >= 0.3 is 5.97 Å². The molecule has 3 nitrogen and oxygen atoms in total. The molecule has 2 aromatic rings. The molecule has 0 saturated carbocycles. The molecule has 0 aromatic heterocycles. The maximum Gasteiger partial charge on any atom is 0.342 e. The second kappa shape index (κ2) is 7.36. The van der Waals surface area contributed by atoms with Crippen molar-refractivity contribution < 1.29 is 14.3 Å². The Morgan fingerprint density at radius 2 is 1.64 bits per heavy atom. The van der Waals surface area contributed by atoms with Crippen molar-refractivity contribution in [3.63, 3.8) is 0 Å². The molecule has 2 rings (SSSR count). The first-order valence-corrected chi connectivity index (χ1v) is 7.17. The summed E-state index contributed by atoms with van der Waals surface area (Å²) in [6.45, 7) is 3.88. The third-order valence-corrected chi connectivity index (χ3v) is 3.26. The van der Waals surface area contributed by atoms with Crippen molar-refractivity contribution in [2.75, 3.05) is 6.61 Å². The lowest BCUT2D eigenvalue weighted by molar-refractivity contribution is -0.137. The number of benzene rings is 2. The van der Waals surface area contributed by atoms with Crippen molar-refractivity contribution in [2.24, 2.45) is 0 Å². The average molecular weight is 294 g/mol. The Hall–Kier alpha value is -2.68. The summed E-state index contributed by atoms with van der Waals surface area (Å²) in [6.07, 6.45) is 1.60. The summed E-state index contributed by atoms with van der Waals surface area (Å²) in [5, 5.41) is 0. The molecule has 0 radical (unpaired) electrons. The van der Waals surface area contributed by atoms with Crippen LogP contribution in [-0.4, -0.2) is 18.4 Å². The lowest BCUT2D eigenvalue weighted by Gasteiger charge is -2.08. The topological polar surface area (TPSA) is 43.4 Å². The van der Waals surface area contributed by atoms with Gasteiger partial charge in [0.2, 0.25) is 0 Å². The number of rotatable bonds is 5. The maximum absolute atomic E-state index is 12.6. The summed E-state index contributed by atoms with van der Waals surface area (Å²) in [7, 11) is 0. The van der Waals surface area contributed by atoms with Crippen molar-refractivity contribution in [1.82, 2.24) is 0 Å². The van der Waals surface area contributed by atoms with E-state index in [0.29, 0.717) is 5.56 Å². The fourth-order valence-corrected chi connectivity index (χ4v) is 2.08. The molecule has 0 unspecified atom stereocenters. The largest absolute Gasteiger partial charge is 0.462 e. The molecule has 0 heterocycles. The van der Waals surface area contributed by atoms with Gasteiger partial charge in [-0.05, 0) is 31.1 Å². The van der Waals surface area contributed by atoms with Gasteiger partial charge in [0.05, 0.1) is 6.61 Å². The summed E-state index contributed by atoms with van der Waals surface area (Å²) < 4.78 is 5.03. The first-order chi connectivity index (χ1) is 10.6. The zero-order valence-electron chi connectivity index (χ0n) is 12.7. The summed E-state index contributed by atoms with van der Waals surface area (Å²) in [4.78, 5) is 24.8. The third-order valence-electron chi connectivity index (χ3n) is 3.26. The third kappa shape index (κ3) is 3.70. The van der Waals surface area contributed by atoms with Gasteiger partial charge in [-0.15, -0.1) is 0 Å². The van der Waals surface area contributed by atoms with Gasteiger partial charge < -0.3 is 4.74 Å². The van der Waals surface area contributed by atoms with Gasteiger partial charge in [0.15, 0.2) is 5.78 Å². The molecule has 0 aliphatic heterocycles. The van der Waals surface area contributed by atoms with Gasteiger partial charge in [0, 0.05) is 5.56 Å². The lowest BCUT2D eigenvalue weighted by atomic mass is 9.99. The molecule has 0 N–H and O–H groups in total. The molecule has 0 saturated heterocycles. The normalized spacial score (nSPS) is 11.1. The highest BCUT2D eigenvalue weighted by atomic mass is 16.5. The van der Waals surface area contributed by atoms with Crippen LogP contribution in [0.1, 0.15) is 28.4 Å². The molecule has 0 amide bonds. The second-order valence-electron chi connectivity index (χ2n) is 4.83. The summed E-state index contributed by atoms with van der Waals surface area (Å²) in [6, 6.07) is 16.3. The predicted molar refractivity (Wildman–Crippen MR) is 86.6 cm³/mol. The van der Waals surface area contributed by atoms with Crippen molar-refractivity contribution in [3.8, 4) is 0 Å². The van der Waals surface area contributed by atoms with Crippen LogP contribution in [0.15, 0.2) is 60.2 Å². The van der Waals surface area contributed by atoms with E-state index in [4.69, 9.17) is 4.74 Å². The molecule has 3 heteroatoms. The number of Topliss-reactive ketones (excluding diaryl/α,β-unsaturated/α-hetero) is 1. The zero-order chi connectivity index (χ0) is 15.9. The van der Waals surface area contributed by atoms with Crippen LogP contribution < -0.4 is 0 Å². The minimum absolute atomic E-state index is 0.0438. The van der Waals surface area contributed by atoms with Crippen LogP contribution in [0.25, 0.3) is 6.08 Å². The van der Waals surface area contributed by atoms with Gasteiger partial charge in [0.25, 0.3) is 0 Å². The Bertz CT molecular complexity index is 700. The van der Waals surface area contributed by atoms with Crippen LogP contribution in [0.5, 0.6) is 0 Å². The molecule has 0 fully saturated rings. The van der Waals surface area contributed by atoms with E-state index in [1.807, 2.05) is 37.3 Å². The number of ketones is 1. The molecular formula is C19H18O3.